The smallest absolute Gasteiger partial charge is 0.305 e. The topological polar surface area (TPSA) is 78.9 Å². The maximum absolute atomic E-state index is 12.3. The summed E-state index contributed by atoms with van der Waals surface area (Å²) in [5.41, 5.74) is 0.227. The first-order valence-electron chi connectivity index (χ1n) is 13.9. The molecule has 4 rings (SSSR count). The molecular formula is C29H46O6. The Morgan fingerprint density at radius 2 is 1.66 bits per heavy atom. The first-order valence-corrected chi connectivity index (χ1v) is 13.9. The van der Waals surface area contributed by atoms with Gasteiger partial charge in [0.25, 0.3) is 0 Å². The number of methoxy groups -OCH3 is 1. The molecule has 35 heavy (non-hydrogen) atoms. The van der Waals surface area contributed by atoms with Crippen LogP contribution in [0.15, 0.2) is 0 Å². The molecule has 0 spiro atoms. The number of ether oxygens (including phenoxy) is 3. The zero-order chi connectivity index (χ0) is 25.5. The number of carbonyl (C=O) groups excluding carboxylic acids is 3. The van der Waals surface area contributed by atoms with Gasteiger partial charge in [0.05, 0.1) is 7.11 Å². The molecule has 198 valence electrons. The standard InChI is InChI=1S/C29H46O6/c1-17(7-12-26(32)33-6)23-10-11-24-22-9-8-20-15-21(34-18(2)30)13-14-28(20,4)27(22)25(35-19(3)31)16-29(23,24)5/h17,20-25,27H,7-16H2,1-6H3/t17?,20?,21-,22?,23?,24?,25-,27?,28?,29?/m1/s1. The van der Waals surface area contributed by atoms with Crippen LogP contribution in [0.3, 0.4) is 0 Å². The molecule has 0 aliphatic heterocycles. The maximum atomic E-state index is 12.3. The molecule has 4 aliphatic carbocycles. The lowest BCUT2D eigenvalue weighted by Crippen LogP contribution is -2.60. The van der Waals surface area contributed by atoms with E-state index in [-0.39, 0.29) is 40.9 Å². The van der Waals surface area contributed by atoms with Gasteiger partial charge in [-0.25, -0.2) is 0 Å². The Morgan fingerprint density at radius 1 is 0.943 bits per heavy atom. The van der Waals surface area contributed by atoms with E-state index in [9.17, 15) is 14.4 Å². The van der Waals surface area contributed by atoms with Crippen LogP contribution in [-0.4, -0.2) is 37.2 Å². The number of hydrogen-bond acceptors (Lipinski definition) is 6. The van der Waals surface area contributed by atoms with Crippen LogP contribution in [-0.2, 0) is 28.6 Å². The van der Waals surface area contributed by atoms with Crippen LogP contribution in [0, 0.1) is 46.3 Å². The highest BCUT2D eigenvalue weighted by Crippen LogP contribution is 2.69. The molecule has 0 aromatic carbocycles. The van der Waals surface area contributed by atoms with Crippen LogP contribution in [0.25, 0.3) is 0 Å². The van der Waals surface area contributed by atoms with Gasteiger partial charge >= 0.3 is 17.9 Å². The van der Waals surface area contributed by atoms with Gasteiger partial charge in [-0.1, -0.05) is 20.8 Å². The Morgan fingerprint density at radius 3 is 2.31 bits per heavy atom. The third-order valence-corrected chi connectivity index (χ3v) is 11.0. The highest BCUT2D eigenvalue weighted by atomic mass is 16.5. The molecule has 4 saturated carbocycles. The fourth-order valence-corrected chi connectivity index (χ4v) is 9.59. The van der Waals surface area contributed by atoms with Crippen LogP contribution in [0.2, 0.25) is 0 Å². The second-order valence-corrected chi connectivity index (χ2v) is 12.7. The van der Waals surface area contributed by atoms with Crippen molar-refractivity contribution in [1.82, 2.24) is 0 Å². The van der Waals surface area contributed by atoms with E-state index >= 15 is 0 Å². The lowest BCUT2D eigenvalue weighted by atomic mass is 9.43. The fourth-order valence-electron chi connectivity index (χ4n) is 9.59. The summed E-state index contributed by atoms with van der Waals surface area (Å²) in [5.74, 6) is 2.53. The zero-order valence-corrected chi connectivity index (χ0v) is 22.6. The summed E-state index contributed by atoms with van der Waals surface area (Å²) in [5, 5.41) is 0. The first kappa shape index (κ1) is 26.5. The third kappa shape index (κ3) is 4.87. The summed E-state index contributed by atoms with van der Waals surface area (Å²) in [6, 6.07) is 0. The summed E-state index contributed by atoms with van der Waals surface area (Å²) in [6.07, 6.45) is 9.80. The largest absolute Gasteiger partial charge is 0.469 e. The van der Waals surface area contributed by atoms with Gasteiger partial charge in [-0.2, -0.15) is 0 Å². The van der Waals surface area contributed by atoms with E-state index in [0.29, 0.717) is 41.9 Å². The highest BCUT2D eigenvalue weighted by Gasteiger charge is 2.64. The molecule has 0 heterocycles. The Balaban J connectivity index is 1.58. The van der Waals surface area contributed by atoms with E-state index in [1.54, 1.807) is 6.92 Å². The van der Waals surface area contributed by atoms with E-state index in [0.717, 1.165) is 38.5 Å². The molecule has 0 radical (unpaired) electrons. The van der Waals surface area contributed by atoms with Gasteiger partial charge in [0, 0.05) is 26.2 Å². The molecular weight excluding hydrogens is 444 g/mol. The molecule has 8 unspecified atom stereocenters. The van der Waals surface area contributed by atoms with Crippen molar-refractivity contribution in [1.29, 1.82) is 0 Å². The fraction of sp³-hybridized carbons (Fsp3) is 0.897. The summed E-state index contributed by atoms with van der Waals surface area (Å²) >= 11 is 0. The molecule has 0 aromatic rings. The molecule has 0 aromatic heterocycles. The van der Waals surface area contributed by atoms with Crippen LogP contribution in [0.4, 0.5) is 0 Å². The van der Waals surface area contributed by atoms with Crippen molar-refractivity contribution >= 4 is 17.9 Å². The predicted octanol–water partition coefficient (Wildman–Crippen LogP) is 5.71. The number of rotatable bonds is 6. The molecule has 0 saturated heterocycles. The van der Waals surface area contributed by atoms with E-state index in [1.807, 2.05) is 0 Å². The van der Waals surface area contributed by atoms with Gasteiger partial charge < -0.3 is 14.2 Å². The predicted molar refractivity (Wildman–Crippen MR) is 132 cm³/mol. The molecule has 10 atom stereocenters. The van der Waals surface area contributed by atoms with Gasteiger partial charge in [-0.15, -0.1) is 0 Å². The van der Waals surface area contributed by atoms with Crippen LogP contribution in [0.1, 0.15) is 98.8 Å². The molecule has 0 amide bonds. The van der Waals surface area contributed by atoms with Crippen LogP contribution in [0.5, 0.6) is 0 Å². The van der Waals surface area contributed by atoms with Gasteiger partial charge in [0.1, 0.15) is 12.2 Å². The summed E-state index contributed by atoms with van der Waals surface area (Å²) < 4.78 is 16.7. The maximum Gasteiger partial charge on any atom is 0.305 e. The van der Waals surface area contributed by atoms with Crippen molar-refractivity contribution in [2.24, 2.45) is 46.3 Å². The van der Waals surface area contributed by atoms with Crippen LogP contribution < -0.4 is 0 Å². The van der Waals surface area contributed by atoms with Crippen molar-refractivity contribution in [3.8, 4) is 0 Å². The third-order valence-electron chi connectivity index (χ3n) is 11.0. The molecule has 0 N–H and O–H groups in total. The minimum absolute atomic E-state index is 0.0229. The average Bonchev–Trinajstić information content (AvgIpc) is 3.13. The zero-order valence-electron chi connectivity index (χ0n) is 22.6. The van der Waals surface area contributed by atoms with Crippen molar-refractivity contribution in [3.05, 3.63) is 0 Å². The van der Waals surface area contributed by atoms with E-state index in [1.165, 1.54) is 33.3 Å². The number of carbonyl (C=O) groups is 3. The monoisotopic (exact) mass is 490 g/mol. The van der Waals surface area contributed by atoms with Gasteiger partial charge in [-0.05, 0) is 98.2 Å². The second kappa shape index (κ2) is 10.0. The SMILES string of the molecule is COC(=O)CCC(C)C1CCC2C3CCC4C[C@H](OC(C)=O)CCC4(C)C3[C@H](OC(C)=O)CC12C. The quantitative estimate of drug-likeness (QED) is 0.351. The molecule has 0 bridgehead atoms. The number of fused-ring (bicyclic) bond motifs is 5. The number of esters is 3. The highest BCUT2D eigenvalue weighted by molar-refractivity contribution is 5.69. The first-order chi connectivity index (χ1) is 16.5. The summed E-state index contributed by atoms with van der Waals surface area (Å²) in [4.78, 5) is 35.7. The van der Waals surface area contributed by atoms with E-state index in [4.69, 9.17) is 14.2 Å². The van der Waals surface area contributed by atoms with Crippen molar-refractivity contribution in [2.45, 2.75) is 111 Å². The number of hydrogen-bond donors (Lipinski definition) is 0. The second-order valence-electron chi connectivity index (χ2n) is 12.7. The van der Waals surface area contributed by atoms with Gasteiger partial charge in [0.2, 0.25) is 0 Å². The molecule has 6 nitrogen and oxygen atoms in total. The van der Waals surface area contributed by atoms with Crippen molar-refractivity contribution in [2.75, 3.05) is 7.11 Å². The lowest BCUT2D eigenvalue weighted by Gasteiger charge is -2.63. The van der Waals surface area contributed by atoms with Crippen molar-refractivity contribution in [3.63, 3.8) is 0 Å². The Kier molecular flexibility index (Phi) is 7.60. The average molecular weight is 491 g/mol. The lowest BCUT2D eigenvalue weighted by molar-refractivity contribution is -0.201. The molecule has 4 aliphatic rings. The van der Waals surface area contributed by atoms with Gasteiger partial charge in [-0.3, -0.25) is 14.4 Å². The van der Waals surface area contributed by atoms with E-state index < -0.39 is 0 Å². The molecule has 6 heteroatoms. The van der Waals surface area contributed by atoms with Gasteiger partial charge in [0.15, 0.2) is 0 Å². The Bertz CT molecular complexity index is 824. The summed E-state index contributed by atoms with van der Waals surface area (Å²) in [6.45, 7) is 10.2. The summed E-state index contributed by atoms with van der Waals surface area (Å²) in [7, 11) is 1.46. The van der Waals surface area contributed by atoms with Crippen molar-refractivity contribution < 1.29 is 28.6 Å². The minimum Gasteiger partial charge on any atom is -0.469 e. The normalized spacial score (nSPS) is 43.2. The minimum atomic E-state index is -0.183. The van der Waals surface area contributed by atoms with E-state index in [2.05, 4.69) is 20.8 Å². The Labute approximate surface area is 211 Å². The molecule has 4 fully saturated rings. The van der Waals surface area contributed by atoms with Crippen LogP contribution >= 0.6 is 0 Å². The Hall–Kier alpha value is -1.59.